The minimum atomic E-state index is -0.766. The number of benzene rings is 2. The van der Waals surface area contributed by atoms with Gasteiger partial charge in [-0.05, 0) is 38.5 Å². The maximum absolute atomic E-state index is 13.2. The number of rotatable bonds is 3. The highest BCUT2D eigenvalue weighted by atomic mass is 16.5. The Kier molecular flexibility index (Phi) is 3.87. The summed E-state index contributed by atoms with van der Waals surface area (Å²) in [5.41, 5.74) is 3.62. The molecule has 1 unspecified atom stereocenters. The third-order valence-corrected chi connectivity index (χ3v) is 4.79. The third-order valence-electron chi connectivity index (χ3n) is 4.79. The van der Waals surface area contributed by atoms with Gasteiger partial charge in [-0.25, -0.2) is 4.79 Å². The molecule has 2 aliphatic heterocycles. The molecular formula is C21H21N2O3+. The fraction of sp³-hybridized carbons (Fsp3) is 0.286. The van der Waals surface area contributed by atoms with Crippen molar-refractivity contribution < 1.29 is 18.9 Å². The zero-order valence-corrected chi connectivity index (χ0v) is 15.1. The molecule has 0 radical (unpaired) electrons. The Labute approximate surface area is 152 Å². The number of nitrogens with zero attached hydrogens (tertiary/aromatic N) is 2. The number of hydrogen-bond donors (Lipinski definition) is 0. The van der Waals surface area contributed by atoms with E-state index in [9.17, 15) is 9.59 Å². The fourth-order valence-corrected chi connectivity index (χ4v) is 3.63. The van der Waals surface area contributed by atoms with Crippen LogP contribution in [0.2, 0.25) is 0 Å². The molecule has 0 aromatic heterocycles. The molecule has 132 valence electrons. The molecule has 2 aromatic rings. The largest absolute Gasteiger partial charge is 0.501 e. The molecule has 5 heteroatoms. The first-order valence-electron chi connectivity index (χ1n) is 8.80. The van der Waals surface area contributed by atoms with Crippen molar-refractivity contribution in [1.82, 2.24) is 4.90 Å². The summed E-state index contributed by atoms with van der Waals surface area (Å²) in [4.78, 5) is 27.4. The average Bonchev–Trinajstić information content (AvgIpc) is 2.98. The van der Waals surface area contributed by atoms with Gasteiger partial charge in [0, 0.05) is 0 Å². The number of amides is 3. The normalized spacial score (nSPS) is 18.9. The van der Waals surface area contributed by atoms with Crippen LogP contribution < -0.4 is 4.74 Å². The van der Waals surface area contributed by atoms with Crippen molar-refractivity contribution >= 4 is 17.6 Å². The second kappa shape index (κ2) is 6.09. The SMILES string of the molecule is Cc1cccc(C[N+]2=C3c4ccccc4OC3C(=O)N(C(C)C)C2=O)c1. The van der Waals surface area contributed by atoms with E-state index in [2.05, 4.69) is 6.07 Å². The van der Waals surface area contributed by atoms with E-state index < -0.39 is 6.10 Å². The zero-order chi connectivity index (χ0) is 18.4. The number of para-hydroxylation sites is 1. The molecule has 0 fully saturated rings. The van der Waals surface area contributed by atoms with Gasteiger partial charge >= 0.3 is 11.9 Å². The van der Waals surface area contributed by atoms with Crippen molar-refractivity contribution in [3.8, 4) is 5.75 Å². The molecule has 0 spiro atoms. The second-order valence-electron chi connectivity index (χ2n) is 7.04. The van der Waals surface area contributed by atoms with E-state index >= 15 is 0 Å². The lowest BCUT2D eigenvalue weighted by molar-refractivity contribution is -0.457. The van der Waals surface area contributed by atoms with E-state index in [0.29, 0.717) is 18.0 Å². The van der Waals surface area contributed by atoms with Gasteiger partial charge in [-0.15, -0.1) is 0 Å². The zero-order valence-electron chi connectivity index (χ0n) is 15.1. The Morgan fingerprint density at radius 1 is 1.12 bits per heavy atom. The molecule has 2 heterocycles. The molecule has 0 bridgehead atoms. The molecule has 0 aliphatic carbocycles. The molecule has 0 N–H and O–H groups in total. The van der Waals surface area contributed by atoms with Crippen LogP contribution in [0.1, 0.15) is 30.5 Å². The van der Waals surface area contributed by atoms with Crippen LogP contribution in [0.5, 0.6) is 5.75 Å². The Bertz CT molecular complexity index is 946. The summed E-state index contributed by atoms with van der Waals surface area (Å²) in [5.74, 6) is 0.352. The number of fused-ring (bicyclic) bond motifs is 3. The van der Waals surface area contributed by atoms with E-state index in [4.69, 9.17) is 4.74 Å². The van der Waals surface area contributed by atoms with Crippen LogP contribution in [0.15, 0.2) is 48.5 Å². The predicted molar refractivity (Wildman–Crippen MR) is 97.5 cm³/mol. The molecule has 26 heavy (non-hydrogen) atoms. The summed E-state index contributed by atoms with van der Waals surface area (Å²) in [6.45, 7) is 6.11. The number of aryl methyl sites for hydroxylation is 1. The average molecular weight is 349 g/mol. The molecule has 1 atom stereocenters. The molecule has 0 saturated carbocycles. The topological polar surface area (TPSA) is 49.6 Å². The number of carbonyl (C=O) groups is 2. The quantitative estimate of drug-likeness (QED) is 0.800. The summed E-state index contributed by atoms with van der Waals surface area (Å²) in [7, 11) is 0. The first kappa shape index (κ1) is 16.5. The summed E-state index contributed by atoms with van der Waals surface area (Å²) >= 11 is 0. The van der Waals surface area contributed by atoms with E-state index in [1.807, 2.05) is 63.2 Å². The van der Waals surface area contributed by atoms with Crippen molar-refractivity contribution in [2.45, 2.75) is 39.5 Å². The van der Waals surface area contributed by atoms with Crippen LogP contribution in [-0.4, -0.2) is 39.3 Å². The van der Waals surface area contributed by atoms with Crippen molar-refractivity contribution in [2.24, 2.45) is 0 Å². The van der Waals surface area contributed by atoms with Crippen LogP contribution in [0.25, 0.3) is 0 Å². The molecular weight excluding hydrogens is 328 g/mol. The van der Waals surface area contributed by atoms with Crippen molar-refractivity contribution in [2.75, 3.05) is 0 Å². The molecule has 5 nitrogen and oxygen atoms in total. The Morgan fingerprint density at radius 2 is 1.88 bits per heavy atom. The number of imide groups is 1. The minimum Gasteiger partial charge on any atom is -0.469 e. The smallest absolute Gasteiger partial charge is 0.469 e. The maximum atomic E-state index is 13.2. The summed E-state index contributed by atoms with van der Waals surface area (Å²) in [6.07, 6.45) is -0.766. The summed E-state index contributed by atoms with van der Waals surface area (Å²) in [6, 6.07) is 15.0. The fourth-order valence-electron chi connectivity index (χ4n) is 3.63. The highest BCUT2D eigenvalue weighted by Crippen LogP contribution is 2.33. The Hall–Kier alpha value is -2.95. The van der Waals surface area contributed by atoms with Crippen molar-refractivity contribution in [1.29, 1.82) is 0 Å². The molecule has 2 aliphatic rings. The van der Waals surface area contributed by atoms with Crippen LogP contribution in [-0.2, 0) is 11.3 Å². The first-order valence-corrected chi connectivity index (χ1v) is 8.80. The van der Waals surface area contributed by atoms with Crippen LogP contribution in [0, 0.1) is 6.92 Å². The number of urea groups is 1. The van der Waals surface area contributed by atoms with E-state index in [1.165, 1.54) is 4.90 Å². The highest BCUT2D eigenvalue weighted by Gasteiger charge is 2.54. The van der Waals surface area contributed by atoms with Crippen molar-refractivity contribution in [3.63, 3.8) is 0 Å². The summed E-state index contributed by atoms with van der Waals surface area (Å²) in [5, 5.41) is 0. The number of carbonyl (C=O) groups excluding carboxylic acids is 2. The minimum absolute atomic E-state index is 0.233. The van der Waals surface area contributed by atoms with Crippen LogP contribution >= 0.6 is 0 Å². The Morgan fingerprint density at radius 3 is 2.62 bits per heavy atom. The Balaban J connectivity index is 1.89. The van der Waals surface area contributed by atoms with E-state index in [1.54, 1.807) is 4.58 Å². The van der Waals surface area contributed by atoms with Crippen molar-refractivity contribution in [3.05, 3.63) is 65.2 Å². The monoisotopic (exact) mass is 349 g/mol. The lowest BCUT2D eigenvalue weighted by atomic mass is 10.0. The summed E-state index contributed by atoms with van der Waals surface area (Å²) < 4.78 is 7.61. The first-order chi connectivity index (χ1) is 12.5. The van der Waals surface area contributed by atoms with Gasteiger partial charge in [0.15, 0.2) is 5.71 Å². The van der Waals surface area contributed by atoms with Gasteiger partial charge in [-0.3, -0.25) is 0 Å². The van der Waals surface area contributed by atoms with Gasteiger partial charge in [0.25, 0.3) is 6.10 Å². The molecule has 3 amide bonds. The van der Waals surface area contributed by atoms with Gasteiger partial charge in [-0.1, -0.05) is 42.0 Å². The van der Waals surface area contributed by atoms with Gasteiger partial charge in [0.2, 0.25) is 0 Å². The standard InChI is InChI=1S/C21H21N2O3/c1-13(2)23-20(24)19-18(16-9-4-5-10-17(16)26-19)22(21(23)25)12-15-8-6-7-14(3)11-15/h4-11,13,19H,12H2,1-3H3/q+1. The van der Waals surface area contributed by atoms with Gasteiger partial charge in [0.1, 0.15) is 18.3 Å². The third kappa shape index (κ3) is 2.51. The maximum Gasteiger partial charge on any atom is 0.501 e. The molecule has 4 rings (SSSR count). The molecule has 2 aromatic carbocycles. The van der Waals surface area contributed by atoms with Crippen LogP contribution in [0.4, 0.5) is 4.79 Å². The number of hydrogen-bond acceptors (Lipinski definition) is 3. The highest BCUT2D eigenvalue weighted by molar-refractivity contribution is 6.22. The van der Waals surface area contributed by atoms with E-state index in [-0.39, 0.29) is 18.0 Å². The van der Waals surface area contributed by atoms with Gasteiger partial charge in [-0.2, -0.15) is 14.3 Å². The second-order valence-corrected chi connectivity index (χ2v) is 7.04. The lowest BCUT2D eigenvalue weighted by Gasteiger charge is -2.26. The lowest BCUT2D eigenvalue weighted by Crippen LogP contribution is -2.59. The number of ether oxygens (including phenoxy) is 1. The predicted octanol–water partition coefficient (Wildman–Crippen LogP) is 3.13. The van der Waals surface area contributed by atoms with E-state index in [0.717, 1.165) is 16.7 Å². The van der Waals surface area contributed by atoms with Crippen LogP contribution in [0.3, 0.4) is 0 Å². The van der Waals surface area contributed by atoms with Gasteiger partial charge in [0.05, 0.1) is 5.56 Å². The molecule has 0 saturated heterocycles. The van der Waals surface area contributed by atoms with Gasteiger partial charge < -0.3 is 4.74 Å².